The summed E-state index contributed by atoms with van der Waals surface area (Å²) in [5.41, 5.74) is 0. The topological polar surface area (TPSA) is 17.1 Å². The number of ketones is 1. The summed E-state index contributed by atoms with van der Waals surface area (Å²) in [7, 11) is 0. The van der Waals surface area contributed by atoms with Crippen LogP contribution < -0.4 is 0 Å². The van der Waals surface area contributed by atoms with Crippen LogP contribution in [0.5, 0.6) is 0 Å². The Balaban J connectivity index is 1.94. The van der Waals surface area contributed by atoms with Gasteiger partial charge < -0.3 is 0 Å². The Hall–Kier alpha value is -0.590. The Morgan fingerprint density at radius 1 is 1.31 bits per heavy atom. The number of unbranched alkanes of at least 4 members (excludes halogenated alkanes) is 4. The highest BCUT2D eigenvalue weighted by molar-refractivity contribution is 5.93. The molecule has 1 heteroatoms. The molecule has 0 atom stereocenters. The summed E-state index contributed by atoms with van der Waals surface area (Å²) in [5.74, 6) is 0.752. The fraction of sp³-hybridized carbons (Fsp3) is 0.750. The zero-order valence-electron chi connectivity index (χ0n) is 8.59. The summed E-state index contributed by atoms with van der Waals surface area (Å²) in [5, 5.41) is 0. The zero-order chi connectivity index (χ0) is 9.52. The van der Waals surface area contributed by atoms with E-state index < -0.39 is 0 Å². The fourth-order valence-electron chi connectivity index (χ4n) is 1.39. The van der Waals surface area contributed by atoms with Gasteiger partial charge in [-0.3, -0.25) is 4.79 Å². The van der Waals surface area contributed by atoms with E-state index in [9.17, 15) is 4.79 Å². The van der Waals surface area contributed by atoms with Crippen LogP contribution in [0.1, 0.15) is 51.9 Å². The van der Waals surface area contributed by atoms with E-state index >= 15 is 0 Å². The van der Waals surface area contributed by atoms with Gasteiger partial charge in [-0.05, 0) is 31.8 Å². The molecule has 0 bridgehead atoms. The third kappa shape index (κ3) is 4.87. The molecule has 1 rings (SSSR count). The molecule has 1 saturated carbocycles. The molecule has 0 aromatic rings. The predicted molar refractivity (Wildman–Crippen MR) is 55.6 cm³/mol. The molecule has 0 aromatic carbocycles. The average molecular weight is 180 g/mol. The van der Waals surface area contributed by atoms with Gasteiger partial charge in [-0.1, -0.05) is 32.3 Å². The fourth-order valence-corrected chi connectivity index (χ4v) is 1.39. The highest BCUT2D eigenvalue weighted by atomic mass is 16.1. The van der Waals surface area contributed by atoms with Crippen molar-refractivity contribution in [3.05, 3.63) is 12.2 Å². The van der Waals surface area contributed by atoms with Crippen LogP contribution in [0.25, 0.3) is 0 Å². The van der Waals surface area contributed by atoms with Gasteiger partial charge in [-0.15, -0.1) is 0 Å². The van der Waals surface area contributed by atoms with Crippen LogP contribution in [0.3, 0.4) is 0 Å². The van der Waals surface area contributed by atoms with Gasteiger partial charge in [0.25, 0.3) is 0 Å². The predicted octanol–water partition coefficient (Wildman–Crippen LogP) is 3.49. The second kappa shape index (κ2) is 5.95. The Morgan fingerprint density at radius 2 is 2.08 bits per heavy atom. The van der Waals surface area contributed by atoms with Crippen LogP contribution in [-0.2, 0) is 4.79 Å². The van der Waals surface area contributed by atoms with Crippen LogP contribution in [0.15, 0.2) is 12.2 Å². The number of hydrogen-bond donors (Lipinski definition) is 0. The Labute approximate surface area is 81.2 Å². The van der Waals surface area contributed by atoms with Gasteiger partial charge in [0.05, 0.1) is 0 Å². The molecule has 1 nitrogen and oxygen atoms in total. The number of hydrogen-bond acceptors (Lipinski definition) is 1. The summed E-state index contributed by atoms with van der Waals surface area (Å²) < 4.78 is 0. The molecule has 1 aliphatic rings. The van der Waals surface area contributed by atoms with E-state index in [0.717, 1.165) is 19.3 Å². The lowest BCUT2D eigenvalue weighted by molar-refractivity contribution is -0.115. The molecule has 74 valence electrons. The van der Waals surface area contributed by atoms with Gasteiger partial charge >= 0.3 is 0 Å². The lowest BCUT2D eigenvalue weighted by Gasteiger charge is -1.93. The van der Waals surface area contributed by atoms with Crippen molar-refractivity contribution in [2.45, 2.75) is 51.9 Å². The van der Waals surface area contributed by atoms with E-state index in [2.05, 4.69) is 13.0 Å². The molecular weight excluding hydrogens is 160 g/mol. The molecule has 0 heterocycles. The minimum absolute atomic E-state index is 0.357. The molecule has 13 heavy (non-hydrogen) atoms. The van der Waals surface area contributed by atoms with Crippen molar-refractivity contribution in [3.8, 4) is 0 Å². The maximum absolute atomic E-state index is 11.2. The normalized spacial score (nSPS) is 16.7. The molecule has 0 saturated heterocycles. The number of carbonyl (C=O) groups excluding carboxylic acids is 1. The first-order chi connectivity index (χ1) is 6.34. The third-order valence-electron chi connectivity index (χ3n) is 2.49. The maximum Gasteiger partial charge on any atom is 0.158 e. The average Bonchev–Trinajstić information content (AvgIpc) is 2.93. The molecule has 0 amide bonds. The Morgan fingerprint density at radius 3 is 2.69 bits per heavy atom. The number of allylic oxidation sites excluding steroid dienone is 2. The second-order valence-electron chi connectivity index (χ2n) is 3.93. The third-order valence-corrected chi connectivity index (χ3v) is 2.49. The molecule has 0 aromatic heterocycles. The smallest absolute Gasteiger partial charge is 0.158 e. The van der Waals surface area contributed by atoms with E-state index in [1.807, 2.05) is 0 Å². The van der Waals surface area contributed by atoms with E-state index in [1.165, 1.54) is 25.7 Å². The standard InChI is InChI=1S/C12H20O/c1-2-3-4-5-6-7-8-12(13)11-9-10-11/h7-8,11H,2-6,9-10H2,1H3/b8-7+. The Bertz CT molecular complexity index is 178. The first-order valence-corrected chi connectivity index (χ1v) is 5.55. The van der Waals surface area contributed by atoms with Crippen molar-refractivity contribution >= 4 is 5.78 Å². The maximum atomic E-state index is 11.2. The van der Waals surface area contributed by atoms with Crippen molar-refractivity contribution in [1.29, 1.82) is 0 Å². The van der Waals surface area contributed by atoms with E-state index in [-0.39, 0.29) is 0 Å². The molecule has 0 spiro atoms. The van der Waals surface area contributed by atoms with Gasteiger partial charge in [-0.2, -0.15) is 0 Å². The van der Waals surface area contributed by atoms with Crippen molar-refractivity contribution in [3.63, 3.8) is 0 Å². The first-order valence-electron chi connectivity index (χ1n) is 5.55. The van der Waals surface area contributed by atoms with E-state index in [1.54, 1.807) is 6.08 Å². The molecule has 1 aliphatic carbocycles. The molecule has 1 fully saturated rings. The lowest BCUT2D eigenvalue weighted by Crippen LogP contribution is -1.93. The Kier molecular flexibility index (Phi) is 4.81. The SMILES string of the molecule is CCCCCC/C=C/C(=O)C1CC1. The van der Waals surface area contributed by atoms with Gasteiger partial charge in [0.1, 0.15) is 0 Å². The van der Waals surface area contributed by atoms with Gasteiger partial charge in [0, 0.05) is 5.92 Å². The van der Waals surface area contributed by atoms with Crippen LogP contribution in [-0.4, -0.2) is 5.78 Å². The van der Waals surface area contributed by atoms with Crippen molar-refractivity contribution in [2.75, 3.05) is 0 Å². The van der Waals surface area contributed by atoms with Gasteiger partial charge in [0.15, 0.2) is 5.78 Å². The minimum Gasteiger partial charge on any atom is -0.295 e. The van der Waals surface area contributed by atoms with E-state index in [0.29, 0.717) is 11.7 Å². The summed E-state index contributed by atoms with van der Waals surface area (Å²) in [4.78, 5) is 11.2. The number of carbonyl (C=O) groups is 1. The molecular formula is C12H20O. The van der Waals surface area contributed by atoms with Crippen molar-refractivity contribution < 1.29 is 4.79 Å². The highest BCUT2D eigenvalue weighted by Gasteiger charge is 2.27. The van der Waals surface area contributed by atoms with Gasteiger partial charge in [0.2, 0.25) is 0 Å². The second-order valence-corrected chi connectivity index (χ2v) is 3.93. The summed E-state index contributed by atoms with van der Waals surface area (Å²) in [6.07, 6.45) is 12.3. The zero-order valence-corrected chi connectivity index (χ0v) is 8.59. The quantitative estimate of drug-likeness (QED) is 0.433. The van der Waals surface area contributed by atoms with Crippen LogP contribution in [0.4, 0.5) is 0 Å². The highest BCUT2D eigenvalue weighted by Crippen LogP contribution is 2.30. The molecule has 0 unspecified atom stereocenters. The van der Waals surface area contributed by atoms with E-state index in [4.69, 9.17) is 0 Å². The lowest BCUT2D eigenvalue weighted by atomic mass is 10.1. The largest absolute Gasteiger partial charge is 0.295 e. The summed E-state index contributed by atoms with van der Waals surface area (Å²) >= 11 is 0. The van der Waals surface area contributed by atoms with Crippen LogP contribution in [0, 0.1) is 5.92 Å². The summed E-state index contributed by atoms with van der Waals surface area (Å²) in [6, 6.07) is 0. The minimum atomic E-state index is 0.357. The van der Waals surface area contributed by atoms with Crippen molar-refractivity contribution in [1.82, 2.24) is 0 Å². The molecule has 0 radical (unpaired) electrons. The monoisotopic (exact) mass is 180 g/mol. The summed E-state index contributed by atoms with van der Waals surface area (Å²) in [6.45, 7) is 2.21. The van der Waals surface area contributed by atoms with Crippen molar-refractivity contribution in [2.24, 2.45) is 5.92 Å². The van der Waals surface area contributed by atoms with Crippen LogP contribution in [0.2, 0.25) is 0 Å². The molecule has 0 aliphatic heterocycles. The number of rotatable bonds is 7. The van der Waals surface area contributed by atoms with Gasteiger partial charge in [-0.25, -0.2) is 0 Å². The first kappa shape index (κ1) is 10.5. The molecule has 0 N–H and O–H groups in total. The van der Waals surface area contributed by atoms with Crippen LogP contribution >= 0.6 is 0 Å².